The Balaban J connectivity index is 2.59. The number of rotatable bonds is 4. The number of halogens is 1. The fraction of sp³-hybridized carbons (Fsp3) is 0.333. The van der Waals surface area contributed by atoms with Crippen molar-refractivity contribution < 1.29 is 9.59 Å². The van der Waals surface area contributed by atoms with Crippen LogP contribution < -0.4 is 10.6 Å². The van der Waals surface area contributed by atoms with Crippen LogP contribution in [0.1, 0.15) is 24.9 Å². The highest BCUT2D eigenvalue weighted by molar-refractivity contribution is 6.28. The van der Waals surface area contributed by atoms with E-state index in [0.29, 0.717) is 0 Å². The minimum absolute atomic E-state index is 0.112. The standard InChI is InChI=1S/C12H15ClN2O2/c1-2-10(9-6-4-3-5-7-9)14-12(17)15-11(16)8-13/h3-7,10H,2,8H2,1H3,(H2,14,15,16,17). The zero-order valence-electron chi connectivity index (χ0n) is 9.57. The zero-order chi connectivity index (χ0) is 12.7. The highest BCUT2D eigenvalue weighted by Gasteiger charge is 2.13. The Labute approximate surface area is 105 Å². The molecule has 0 saturated heterocycles. The van der Waals surface area contributed by atoms with E-state index in [1.807, 2.05) is 37.3 Å². The van der Waals surface area contributed by atoms with Crippen molar-refractivity contribution in [2.45, 2.75) is 19.4 Å². The van der Waals surface area contributed by atoms with E-state index in [9.17, 15) is 9.59 Å². The molecule has 1 unspecified atom stereocenters. The van der Waals surface area contributed by atoms with Crippen molar-refractivity contribution in [1.82, 2.24) is 10.6 Å². The minimum Gasteiger partial charge on any atom is -0.331 e. The topological polar surface area (TPSA) is 58.2 Å². The summed E-state index contributed by atoms with van der Waals surface area (Å²) in [6.07, 6.45) is 0.743. The van der Waals surface area contributed by atoms with Gasteiger partial charge in [0.25, 0.3) is 0 Å². The van der Waals surface area contributed by atoms with Crippen LogP contribution >= 0.6 is 11.6 Å². The van der Waals surface area contributed by atoms with Crippen LogP contribution in [0.2, 0.25) is 0 Å². The Morgan fingerprint density at radius 1 is 1.29 bits per heavy atom. The van der Waals surface area contributed by atoms with Gasteiger partial charge in [0.05, 0.1) is 6.04 Å². The summed E-state index contributed by atoms with van der Waals surface area (Å²) in [7, 11) is 0. The number of carbonyl (C=O) groups excluding carboxylic acids is 2. The molecule has 0 bridgehead atoms. The minimum atomic E-state index is -0.522. The number of urea groups is 1. The van der Waals surface area contributed by atoms with Crippen LogP contribution in [0, 0.1) is 0 Å². The number of benzene rings is 1. The lowest BCUT2D eigenvalue weighted by atomic mass is 10.1. The normalized spacial score (nSPS) is 11.6. The van der Waals surface area contributed by atoms with Crippen molar-refractivity contribution in [3.63, 3.8) is 0 Å². The van der Waals surface area contributed by atoms with Gasteiger partial charge in [0.15, 0.2) is 0 Å². The van der Waals surface area contributed by atoms with Crippen LogP contribution in [0.3, 0.4) is 0 Å². The molecule has 0 saturated carbocycles. The lowest BCUT2D eigenvalue weighted by Crippen LogP contribution is -2.41. The van der Waals surface area contributed by atoms with E-state index in [0.717, 1.165) is 12.0 Å². The number of alkyl halides is 1. The number of hydrogen-bond acceptors (Lipinski definition) is 2. The van der Waals surface area contributed by atoms with Crippen molar-refractivity contribution in [2.75, 3.05) is 5.88 Å². The Morgan fingerprint density at radius 3 is 2.47 bits per heavy atom. The molecule has 0 fully saturated rings. The third kappa shape index (κ3) is 4.44. The Kier molecular flexibility index (Phi) is 5.49. The first kappa shape index (κ1) is 13.5. The number of imide groups is 1. The van der Waals surface area contributed by atoms with E-state index < -0.39 is 11.9 Å². The van der Waals surface area contributed by atoms with Gasteiger partial charge in [0, 0.05) is 0 Å². The largest absolute Gasteiger partial charge is 0.331 e. The summed E-state index contributed by atoms with van der Waals surface area (Å²) in [5.41, 5.74) is 1.00. The SMILES string of the molecule is CCC(NC(=O)NC(=O)CCl)c1ccccc1. The average molecular weight is 255 g/mol. The van der Waals surface area contributed by atoms with Crippen LogP contribution in [-0.4, -0.2) is 17.8 Å². The second kappa shape index (κ2) is 6.91. The van der Waals surface area contributed by atoms with Gasteiger partial charge in [0.1, 0.15) is 5.88 Å². The van der Waals surface area contributed by atoms with Crippen LogP contribution in [0.5, 0.6) is 0 Å². The van der Waals surface area contributed by atoms with Gasteiger partial charge in [-0.25, -0.2) is 4.79 Å². The van der Waals surface area contributed by atoms with E-state index in [1.54, 1.807) is 0 Å². The molecule has 0 aliphatic carbocycles. The summed E-state index contributed by atoms with van der Waals surface area (Å²) in [5.74, 6) is -0.734. The van der Waals surface area contributed by atoms with Crippen LogP contribution in [0.4, 0.5) is 4.79 Å². The second-order valence-electron chi connectivity index (χ2n) is 3.53. The molecule has 1 atom stereocenters. The van der Waals surface area contributed by atoms with Gasteiger partial charge in [-0.05, 0) is 12.0 Å². The number of carbonyl (C=O) groups is 2. The number of hydrogen-bond donors (Lipinski definition) is 2. The number of amides is 3. The molecule has 1 rings (SSSR count). The summed E-state index contributed by atoms with van der Waals surface area (Å²) in [4.78, 5) is 22.4. The average Bonchev–Trinajstić information content (AvgIpc) is 2.36. The first-order chi connectivity index (χ1) is 8.17. The van der Waals surface area contributed by atoms with Gasteiger partial charge in [-0.1, -0.05) is 37.3 Å². The first-order valence-corrected chi connectivity index (χ1v) is 5.92. The molecule has 0 spiro atoms. The maximum atomic E-state index is 11.5. The lowest BCUT2D eigenvalue weighted by Gasteiger charge is -2.17. The molecular weight excluding hydrogens is 240 g/mol. The van der Waals surface area contributed by atoms with Crippen molar-refractivity contribution in [3.8, 4) is 0 Å². The van der Waals surface area contributed by atoms with Crippen LogP contribution in [-0.2, 0) is 4.79 Å². The van der Waals surface area contributed by atoms with E-state index >= 15 is 0 Å². The van der Waals surface area contributed by atoms with Crippen molar-refractivity contribution >= 4 is 23.5 Å². The smallest absolute Gasteiger partial charge is 0.321 e. The molecule has 0 aliphatic rings. The molecule has 3 amide bonds. The van der Waals surface area contributed by atoms with E-state index in [2.05, 4.69) is 10.6 Å². The van der Waals surface area contributed by atoms with Gasteiger partial charge in [-0.2, -0.15) is 0 Å². The maximum Gasteiger partial charge on any atom is 0.321 e. The fourth-order valence-corrected chi connectivity index (χ4v) is 1.53. The predicted octanol–water partition coefficient (Wildman–Crippen LogP) is 2.20. The first-order valence-electron chi connectivity index (χ1n) is 5.38. The van der Waals surface area contributed by atoms with Crippen LogP contribution in [0.25, 0.3) is 0 Å². The fourth-order valence-electron chi connectivity index (χ4n) is 1.46. The Hall–Kier alpha value is -1.55. The van der Waals surface area contributed by atoms with E-state index in [4.69, 9.17) is 11.6 Å². The third-order valence-corrected chi connectivity index (χ3v) is 2.53. The van der Waals surface area contributed by atoms with Gasteiger partial charge < -0.3 is 5.32 Å². The lowest BCUT2D eigenvalue weighted by molar-refractivity contribution is -0.117. The molecular formula is C12H15ClN2O2. The Morgan fingerprint density at radius 2 is 1.94 bits per heavy atom. The van der Waals surface area contributed by atoms with Crippen LogP contribution in [0.15, 0.2) is 30.3 Å². The molecule has 1 aromatic rings. The molecule has 1 aromatic carbocycles. The highest BCUT2D eigenvalue weighted by Crippen LogP contribution is 2.15. The van der Waals surface area contributed by atoms with Gasteiger partial charge in [-0.3, -0.25) is 10.1 Å². The Bertz CT molecular complexity index is 381. The maximum absolute atomic E-state index is 11.5. The summed E-state index contributed by atoms with van der Waals surface area (Å²) in [6, 6.07) is 8.94. The van der Waals surface area contributed by atoms with Crippen molar-refractivity contribution in [2.24, 2.45) is 0 Å². The van der Waals surface area contributed by atoms with Gasteiger partial charge >= 0.3 is 6.03 Å². The molecule has 0 heterocycles. The quantitative estimate of drug-likeness (QED) is 0.810. The highest BCUT2D eigenvalue weighted by atomic mass is 35.5. The molecule has 4 nitrogen and oxygen atoms in total. The second-order valence-corrected chi connectivity index (χ2v) is 3.79. The predicted molar refractivity (Wildman–Crippen MR) is 66.9 cm³/mol. The molecule has 2 N–H and O–H groups in total. The van der Waals surface area contributed by atoms with Crippen molar-refractivity contribution in [1.29, 1.82) is 0 Å². The molecule has 92 valence electrons. The number of nitrogens with one attached hydrogen (secondary N) is 2. The van der Waals surface area contributed by atoms with E-state index in [-0.39, 0.29) is 11.9 Å². The molecule has 5 heteroatoms. The third-order valence-electron chi connectivity index (χ3n) is 2.29. The summed E-state index contributed by atoms with van der Waals surface area (Å²) in [5, 5.41) is 4.86. The molecule has 0 radical (unpaired) electrons. The molecule has 0 aliphatic heterocycles. The monoisotopic (exact) mass is 254 g/mol. The zero-order valence-corrected chi connectivity index (χ0v) is 10.3. The van der Waals surface area contributed by atoms with Gasteiger partial charge in [0.2, 0.25) is 5.91 Å². The molecule has 0 aromatic heterocycles. The van der Waals surface area contributed by atoms with Gasteiger partial charge in [-0.15, -0.1) is 11.6 Å². The summed E-state index contributed by atoms with van der Waals surface area (Å²) < 4.78 is 0. The molecule has 17 heavy (non-hydrogen) atoms. The van der Waals surface area contributed by atoms with Crippen molar-refractivity contribution in [3.05, 3.63) is 35.9 Å². The summed E-state index contributed by atoms with van der Waals surface area (Å²) >= 11 is 5.29. The summed E-state index contributed by atoms with van der Waals surface area (Å²) in [6.45, 7) is 1.96. The van der Waals surface area contributed by atoms with E-state index in [1.165, 1.54) is 0 Å².